The third-order valence-corrected chi connectivity index (χ3v) is 3.40. The lowest BCUT2D eigenvalue weighted by atomic mass is 10.1. The first-order chi connectivity index (χ1) is 9.10. The summed E-state index contributed by atoms with van der Waals surface area (Å²) in [6.07, 6.45) is 0. The van der Waals surface area contributed by atoms with Crippen LogP contribution in [0.3, 0.4) is 0 Å². The van der Waals surface area contributed by atoms with Crippen molar-refractivity contribution in [3.8, 4) is 0 Å². The van der Waals surface area contributed by atoms with Crippen LogP contribution in [0.4, 0.5) is 0 Å². The summed E-state index contributed by atoms with van der Waals surface area (Å²) >= 11 is 7.51. The largest absolute Gasteiger partial charge is 0.350 e. The van der Waals surface area contributed by atoms with Crippen LogP contribution >= 0.6 is 28.6 Å². The summed E-state index contributed by atoms with van der Waals surface area (Å²) in [4.78, 5) is 24.8. The van der Waals surface area contributed by atoms with Gasteiger partial charge in [0, 0.05) is 14.9 Å². The van der Waals surface area contributed by atoms with Crippen molar-refractivity contribution in [2.45, 2.75) is 44.2 Å². The Labute approximate surface area is 133 Å². The second-order valence-electron chi connectivity index (χ2n) is 5.60. The standard InChI is InChI=1S/C14H19BrN2O2S/c1-8(12(18)17-14(2,3)4)16-13(19)10-7-9(20)5-6-11(10)15/h5-8,20H,1-4H3,(H,16,19)(H,17,18). The van der Waals surface area contributed by atoms with Gasteiger partial charge in [-0.1, -0.05) is 0 Å². The number of thiol groups is 1. The molecule has 0 saturated heterocycles. The highest BCUT2D eigenvalue weighted by Crippen LogP contribution is 2.20. The third-order valence-electron chi connectivity index (χ3n) is 2.43. The minimum absolute atomic E-state index is 0.219. The molecule has 0 fully saturated rings. The summed E-state index contributed by atoms with van der Waals surface area (Å²) in [5, 5.41) is 5.49. The van der Waals surface area contributed by atoms with E-state index in [1.165, 1.54) is 0 Å². The Morgan fingerprint density at radius 2 is 1.90 bits per heavy atom. The van der Waals surface area contributed by atoms with E-state index >= 15 is 0 Å². The van der Waals surface area contributed by atoms with Crippen molar-refractivity contribution in [2.24, 2.45) is 0 Å². The van der Waals surface area contributed by atoms with E-state index in [4.69, 9.17) is 0 Å². The van der Waals surface area contributed by atoms with Gasteiger partial charge in [-0.25, -0.2) is 0 Å². The fourth-order valence-electron chi connectivity index (χ4n) is 1.51. The van der Waals surface area contributed by atoms with Crippen LogP contribution in [0.25, 0.3) is 0 Å². The molecular formula is C14H19BrN2O2S. The molecule has 0 bridgehead atoms. The van der Waals surface area contributed by atoms with Gasteiger partial charge in [0.05, 0.1) is 5.56 Å². The predicted molar refractivity (Wildman–Crippen MR) is 86.2 cm³/mol. The number of rotatable bonds is 3. The minimum Gasteiger partial charge on any atom is -0.350 e. The fourth-order valence-corrected chi connectivity index (χ4v) is 2.14. The zero-order valence-corrected chi connectivity index (χ0v) is 14.4. The molecule has 6 heteroatoms. The Hall–Kier alpha value is -1.01. The van der Waals surface area contributed by atoms with Crippen LogP contribution in [0, 0.1) is 0 Å². The molecule has 0 spiro atoms. The second-order valence-corrected chi connectivity index (χ2v) is 6.97. The smallest absolute Gasteiger partial charge is 0.253 e. The van der Waals surface area contributed by atoms with Crippen molar-refractivity contribution in [3.05, 3.63) is 28.2 Å². The molecule has 0 saturated carbocycles. The first kappa shape index (κ1) is 17.0. The number of nitrogens with one attached hydrogen (secondary N) is 2. The van der Waals surface area contributed by atoms with Gasteiger partial charge in [0.15, 0.2) is 0 Å². The highest BCUT2D eigenvalue weighted by Gasteiger charge is 2.21. The molecule has 1 rings (SSSR count). The number of benzene rings is 1. The molecule has 0 aliphatic heterocycles. The summed E-state index contributed by atoms with van der Waals surface area (Å²) in [6, 6.07) is 4.56. The lowest BCUT2D eigenvalue weighted by Gasteiger charge is -2.23. The van der Waals surface area contributed by atoms with Gasteiger partial charge in [-0.3, -0.25) is 9.59 Å². The molecule has 2 N–H and O–H groups in total. The van der Waals surface area contributed by atoms with Gasteiger partial charge < -0.3 is 10.6 Å². The number of hydrogen-bond donors (Lipinski definition) is 3. The number of hydrogen-bond acceptors (Lipinski definition) is 3. The summed E-state index contributed by atoms with van der Waals surface area (Å²) in [6.45, 7) is 7.32. The van der Waals surface area contributed by atoms with Gasteiger partial charge in [0.1, 0.15) is 6.04 Å². The molecule has 1 atom stereocenters. The Morgan fingerprint density at radius 1 is 1.30 bits per heavy atom. The number of carbonyl (C=O) groups excluding carboxylic acids is 2. The fraction of sp³-hybridized carbons (Fsp3) is 0.429. The molecular weight excluding hydrogens is 340 g/mol. The van der Waals surface area contributed by atoms with Crippen LogP contribution in [-0.4, -0.2) is 23.4 Å². The van der Waals surface area contributed by atoms with Crippen molar-refractivity contribution in [1.82, 2.24) is 10.6 Å². The molecule has 1 aromatic rings. The quantitative estimate of drug-likeness (QED) is 0.727. The van der Waals surface area contributed by atoms with Gasteiger partial charge in [-0.15, -0.1) is 12.6 Å². The van der Waals surface area contributed by atoms with E-state index in [-0.39, 0.29) is 17.4 Å². The van der Waals surface area contributed by atoms with Gasteiger partial charge in [-0.05, 0) is 61.8 Å². The Morgan fingerprint density at radius 3 is 2.45 bits per heavy atom. The zero-order valence-electron chi connectivity index (χ0n) is 12.0. The molecule has 2 amide bonds. The van der Waals surface area contributed by atoms with Crippen LogP contribution in [0.2, 0.25) is 0 Å². The van der Waals surface area contributed by atoms with E-state index in [1.54, 1.807) is 25.1 Å². The Bertz CT molecular complexity index is 526. The van der Waals surface area contributed by atoms with Crippen LogP contribution in [0.15, 0.2) is 27.6 Å². The van der Waals surface area contributed by atoms with Crippen molar-refractivity contribution in [1.29, 1.82) is 0 Å². The van der Waals surface area contributed by atoms with Crippen molar-refractivity contribution >= 4 is 40.4 Å². The first-order valence-electron chi connectivity index (χ1n) is 6.21. The molecule has 1 unspecified atom stereocenters. The predicted octanol–water partition coefficient (Wildman–Crippen LogP) is 2.77. The van der Waals surface area contributed by atoms with Crippen LogP contribution in [-0.2, 0) is 4.79 Å². The molecule has 0 aliphatic rings. The maximum atomic E-state index is 12.1. The number of amides is 2. The molecule has 0 aromatic heterocycles. The average molecular weight is 359 g/mol. The first-order valence-corrected chi connectivity index (χ1v) is 7.45. The summed E-state index contributed by atoms with van der Waals surface area (Å²) in [5.41, 5.74) is 0.120. The normalized spacial score (nSPS) is 12.7. The third kappa shape index (κ3) is 5.17. The molecule has 0 aliphatic carbocycles. The van der Waals surface area contributed by atoms with Gasteiger partial charge in [-0.2, -0.15) is 0 Å². The molecule has 1 aromatic carbocycles. The topological polar surface area (TPSA) is 58.2 Å². The van der Waals surface area contributed by atoms with Crippen molar-refractivity contribution in [2.75, 3.05) is 0 Å². The van der Waals surface area contributed by atoms with Crippen molar-refractivity contribution < 1.29 is 9.59 Å². The van der Waals surface area contributed by atoms with E-state index < -0.39 is 6.04 Å². The molecule has 4 nitrogen and oxygen atoms in total. The van der Waals surface area contributed by atoms with Gasteiger partial charge >= 0.3 is 0 Å². The number of carbonyl (C=O) groups is 2. The molecule has 0 heterocycles. The summed E-state index contributed by atoms with van der Waals surface area (Å²) in [5.74, 6) is -0.534. The molecule has 110 valence electrons. The maximum Gasteiger partial charge on any atom is 0.253 e. The molecule has 0 radical (unpaired) electrons. The van der Waals surface area contributed by atoms with Gasteiger partial charge in [0.25, 0.3) is 5.91 Å². The summed E-state index contributed by atoms with van der Waals surface area (Å²) in [7, 11) is 0. The Kier molecular flexibility index (Phi) is 5.65. The van der Waals surface area contributed by atoms with Crippen LogP contribution in [0.5, 0.6) is 0 Å². The van der Waals surface area contributed by atoms with Crippen LogP contribution < -0.4 is 10.6 Å². The average Bonchev–Trinajstić information content (AvgIpc) is 2.29. The van der Waals surface area contributed by atoms with Gasteiger partial charge in [0.2, 0.25) is 5.91 Å². The maximum absolute atomic E-state index is 12.1. The highest BCUT2D eigenvalue weighted by atomic mass is 79.9. The lowest BCUT2D eigenvalue weighted by Crippen LogP contribution is -2.50. The minimum atomic E-state index is -0.614. The second kappa shape index (κ2) is 6.63. The summed E-state index contributed by atoms with van der Waals surface area (Å²) < 4.78 is 0.663. The highest BCUT2D eigenvalue weighted by molar-refractivity contribution is 9.10. The lowest BCUT2D eigenvalue weighted by molar-refractivity contribution is -0.124. The van der Waals surface area contributed by atoms with E-state index in [0.29, 0.717) is 14.9 Å². The van der Waals surface area contributed by atoms with E-state index in [2.05, 4.69) is 39.2 Å². The van der Waals surface area contributed by atoms with E-state index in [0.717, 1.165) is 0 Å². The number of halogens is 1. The van der Waals surface area contributed by atoms with E-state index in [9.17, 15) is 9.59 Å². The SMILES string of the molecule is CC(NC(=O)c1cc(S)ccc1Br)C(=O)NC(C)(C)C. The van der Waals surface area contributed by atoms with E-state index in [1.807, 2.05) is 20.8 Å². The molecule has 20 heavy (non-hydrogen) atoms. The van der Waals surface area contributed by atoms with Crippen LogP contribution in [0.1, 0.15) is 38.1 Å². The monoisotopic (exact) mass is 358 g/mol. The zero-order chi connectivity index (χ0) is 15.5. The Balaban J connectivity index is 2.75. The van der Waals surface area contributed by atoms with Crippen molar-refractivity contribution in [3.63, 3.8) is 0 Å².